The first kappa shape index (κ1) is 88.1. The molecule has 0 amide bonds. The highest BCUT2D eigenvalue weighted by molar-refractivity contribution is 7.47. The molecule has 0 heterocycles. The van der Waals surface area contributed by atoms with Gasteiger partial charge in [0.1, 0.15) is 19.3 Å². The standard InChI is InChI=1S/C71H138O17P2/c1-6-10-13-16-18-20-22-23-24-25-29-33-36-40-45-50-55-69(74)82-61-67(88-71(76)57-52-47-42-38-34-30-27-26-28-32-35-39-44-48-53-64(5)9-4)63-86-90(79,80)84-59-65(72)58-83-89(77,78)85-62-66(60-81-68(73)54-49-43-15-12-8-3)87-70(75)56-51-46-41-37-31-21-19-17-14-11-7-2/h64-67,72H,6-63H2,1-5H3,(H,77,78)(H,79,80)/t64?,65-,66+,67+/m0/s1. The SMILES string of the molecule is CCCCCCCCCCCCCCCCCCC(=O)OC[C@H](COP(=O)(O)OC[C@@H](O)COP(=O)(O)OC[C@@H](COC(=O)CCCCCCC)OC(=O)CCCCCCCCCCCCC)OC(=O)CCCCCCCCCCCCCCCCC(C)CC. The minimum Gasteiger partial charge on any atom is -0.462 e. The average molecular weight is 1330 g/mol. The van der Waals surface area contributed by atoms with Crippen LogP contribution in [0.4, 0.5) is 0 Å². The summed E-state index contributed by atoms with van der Waals surface area (Å²) in [7, 11) is -9.89. The third kappa shape index (κ3) is 63.5. The van der Waals surface area contributed by atoms with E-state index in [4.69, 9.17) is 37.0 Å². The minimum atomic E-state index is -4.95. The lowest BCUT2D eigenvalue weighted by Crippen LogP contribution is -2.30. The highest BCUT2D eigenvalue weighted by Gasteiger charge is 2.30. The molecule has 19 heteroatoms. The highest BCUT2D eigenvalue weighted by atomic mass is 31.2. The zero-order valence-electron chi connectivity index (χ0n) is 58.3. The first-order valence-electron chi connectivity index (χ1n) is 37.2. The van der Waals surface area contributed by atoms with Crippen molar-refractivity contribution in [3.8, 4) is 0 Å². The fraction of sp³-hybridized carbons (Fsp3) is 0.944. The van der Waals surface area contributed by atoms with Crippen molar-refractivity contribution in [1.82, 2.24) is 0 Å². The van der Waals surface area contributed by atoms with E-state index in [9.17, 15) is 43.2 Å². The summed E-state index contributed by atoms with van der Waals surface area (Å²) in [5, 5.41) is 10.6. The monoisotopic (exact) mass is 1320 g/mol. The van der Waals surface area contributed by atoms with Crippen LogP contribution in [0.5, 0.6) is 0 Å². The van der Waals surface area contributed by atoms with E-state index in [1.54, 1.807) is 0 Å². The number of hydrogen-bond donors (Lipinski definition) is 3. The largest absolute Gasteiger partial charge is 0.472 e. The zero-order valence-corrected chi connectivity index (χ0v) is 60.1. The van der Waals surface area contributed by atoms with Gasteiger partial charge in [0.25, 0.3) is 0 Å². The molecule has 0 spiro atoms. The number of phosphoric ester groups is 2. The summed E-state index contributed by atoms with van der Waals surface area (Å²) in [4.78, 5) is 72.3. The Hall–Kier alpha value is -1.94. The second kappa shape index (κ2) is 64.4. The molecule has 0 fully saturated rings. The van der Waals surface area contributed by atoms with Crippen molar-refractivity contribution in [2.24, 2.45) is 5.92 Å². The van der Waals surface area contributed by atoms with Crippen molar-refractivity contribution < 1.29 is 80.2 Å². The molecule has 0 aliphatic carbocycles. The van der Waals surface area contributed by atoms with E-state index in [2.05, 4.69) is 34.6 Å². The predicted molar refractivity (Wildman–Crippen MR) is 363 cm³/mol. The van der Waals surface area contributed by atoms with Crippen LogP contribution in [0.15, 0.2) is 0 Å². The molecule has 0 saturated carbocycles. The molecule has 17 nitrogen and oxygen atoms in total. The number of phosphoric acid groups is 2. The first-order valence-corrected chi connectivity index (χ1v) is 40.2. The van der Waals surface area contributed by atoms with Crippen LogP contribution in [0, 0.1) is 5.92 Å². The Bertz CT molecular complexity index is 1740. The molecule has 0 aromatic heterocycles. The third-order valence-electron chi connectivity index (χ3n) is 16.9. The van der Waals surface area contributed by atoms with Gasteiger partial charge in [-0.1, -0.05) is 317 Å². The quantitative estimate of drug-likeness (QED) is 0.0222. The predicted octanol–water partition coefficient (Wildman–Crippen LogP) is 20.5. The van der Waals surface area contributed by atoms with Crippen molar-refractivity contribution in [3.05, 3.63) is 0 Å². The van der Waals surface area contributed by atoms with Crippen molar-refractivity contribution in [2.45, 2.75) is 387 Å². The molecule has 6 atom stereocenters. The molecule has 0 radical (unpaired) electrons. The highest BCUT2D eigenvalue weighted by Crippen LogP contribution is 2.45. The van der Waals surface area contributed by atoms with E-state index in [0.717, 1.165) is 102 Å². The minimum absolute atomic E-state index is 0.106. The summed E-state index contributed by atoms with van der Waals surface area (Å²) in [5.41, 5.74) is 0. The molecule has 3 unspecified atom stereocenters. The summed E-state index contributed by atoms with van der Waals surface area (Å²) < 4.78 is 68.1. The lowest BCUT2D eigenvalue weighted by atomic mass is 9.99. The summed E-state index contributed by atoms with van der Waals surface area (Å²) in [6.45, 7) is 7.22. The molecule has 0 rings (SSSR count). The number of unbranched alkanes of at least 4 members (excludes halogenated alkanes) is 42. The molecule has 90 heavy (non-hydrogen) atoms. The number of rotatable bonds is 71. The van der Waals surface area contributed by atoms with Gasteiger partial charge in [0.05, 0.1) is 26.4 Å². The Balaban J connectivity index is 5.15. The number of aliphatic hydroxyl groups is 1. The van der Waals surface area contributed by atoms with Crippen LogP contribution in [0.2, 0.25) is 0 Å². The van der Waals surface area contributed by atoms with Gasteiger partial charge in [-0.25, -0.2) is 9.13 Å². The molecule has 534 valence electrons. The summed E-state index contributed by atoms with van der Waals surface area (Å²) in [6, 6.07) is 0. The van der Waals surface area contributed by atoms with E-state index in [1.165, 1.54) is 186 Å². The van der Waals surface area contributed by atoms with Crippen LogP contribution in [-0.2, 0) is 65.4 Å². The first-order chi connectivity index (χ1) is 43.6. The Morgan fingerprint density at radius 3 is 0.789 bits per heavy atom. The Morgan fingerprint density at radius 2 is 0.533 bits per heavy atom. The van der Waals surface area contributed by atoms with Gasteiger partial charge in [0.15, 0.2) is 12.2 Å². The lowest BCUT2D eigenvalue weighted by Gasteiger charge is -2.21. The Morgan fingerprint density at radius 1 is 0.311 bits per heavy atom. The van der Waals surface area contributed by atoms with E-state index in [-0.39, 0.29) is 25.7 Å². The number of ether oxygens (including phenoxy) is 4. The summed E-state index contributed by atoms with van der Waals surface area (Å²) in [6.07, 6.45) is 51.6. The second-order valence-corrected chi connectivity index (χ2v) is 28.8. The van der Waals surface area contributed by atoms with Crippen LogP contribution in [0.25, 0.3) is 0 Å². The number of esters is 4. The second-order valence-electron chi connectivity index (χ2n) is 25.9. The Labute approximate surface area is 549 Å². The molecule has 0 aliphatic heterocycles. The van der Waals surface area contributed by atoms with Crippen molar-refractivity contribution in [3.63, 3.8) is 0 Å². The molecular weight excluding hydrogens is 1190 g/mol. The number of aliphatic hydroxyl groups excluding tert-OH is 1. The molecule has 0 aromatic rings. The van der Waals surface area contributed by atoms with E-state index < -0.39 is 97.5 Å². The van der Waals surface area contributed by atoms with Crippen molar-refractivity contribution in [2.75, 3.05) is 39.6 Å². The van der Waals surface area contributed by atoms with Crippen LogP contribution < -0.4 is 0 Å². The molecule has 3 N–H and O–H groups in total. The maximum atomic E-state index is 13.0. The number of hydrogen-bond acceptors (Lipinski definition) is 15. The lowest BCUT2D eigenvalue weighted by molar-refractivity contribution is -0.161. The normalized spacial score (nSPS) is 14.4. The fourth-order valence-corrected chi connectivity index (χ4v) is 12.4. The number of carbonyl (C=O) groups is 4. The molecule has 0 saturated heterocycles. The molecular formula is C71H138O17P2. The van der Waals surface area contributed by atoms with Gasteiger partial charge in [-0.2, -0.15) is 0 Å². The van der Waals surface area contributed by atoms with Gasteiger partial charge in [0.2, 0.25) is 0 Å². The summed E-state index contributed by atoms with van der Waals surface area (Å²) >= 11 is 0. The van der Waals surface area contributed by atoms with Crippen LogP contribution in [0.1, 0.15) is 369 Å². The molecule has 0 bridgehead atoms. The van der Waals surface area contributed by atoms with Gasteiger partial charge >= 0.3 is 39.5 Å². The average Bonchev–Trinajstić information content (AvgIpc) is 3.65. The van der Waals surface area contributed by atoms with Crippen LogP contribution in [0.3, 0.4) is 0 Å². The van der Waals surface area contributed by atoms with Gasteiger partial charge in [-0.05, 0) is 31.6 Å². The van der Waals surface area contributed by atoms with Crippen LogP contribution in [-0.4, -0.2) is 96.7 Å². The van der Waals surface area contributed by atoms with Crippen LogP contribution >= 0.6 is 15.6 Å². The zero-order chi connectivity index (χ0) is 66.3. The Kier molecular flexibility index (Phi) is 63.0. The van der Waals surface area contributed by atoms with Gasteiger partial charge in [-0.3, -0.25) is 37.3 Å². The van der Waals surface area contributed by atoms with Crippen molar-refractivity contribution >= 4 is 39.5 Å². The maximum absolute atomic E-state index is 13.0. The van der Waals surface area contributed by atoms with Crippen molar-refractivity contribution in [1.29, 1.82) is 0 Å². The topological polar surface area (TPSA) is 237 Å². The van der Waals surface area contributed by atoms with Gasteiger partial charge in [0, 0.05) is 25.7 Å². The van der Waals surface area contributed by atoms with E-state index in [1.807, 2.05) is 0 Å². The van der Waals surface area contributed by atoms with Gasteiger partial charge < -0.3 is 33.8 Å². The molecule has 0 aromatic carbocycles. The molecule has 0 aliphatic rings. The van der Waals surface area contributed by atoms with E-state index >= 15 is 0 Å². The smallest absolute Gasteiger partial charge is 0.462 e. The summed E-state index contributed by atoms with van der Waals surface area (Å²) in [5.74, 6) is -1.29. The maximum Gasteiger partial charge on any atom is 0.472 e. The van der Waals surface area contributed by atoms with Gasteiger partial charge in [-0.15, -0.1) is 0 Å². The fourth-order valence-electron chi connectivity index (χ4n) is 10.8. The number of carbonyl (C=O) groups excluding carboxylic acids is 4. The third-order valence-corrected chi connectivity index (χ3v) is 18.8. The van der Waals surface area contributed by atoms with E-state index in [0.29, 0.717) is 25.7 Å².